The standard InChI is InChI=1S/C15H21N3O2/c1-11(12-7-3-2-4-8-12)15(19)18-10-6-5-9-13(18)14(16)17-20/h2-4,7-8,11,13,20H,5-6,9-10H2,1H3,(H2,16,17). The summed E-state index contributed by atoms with van der Waals surface area (Å²) in [6.45, 7) is 2.56. The normalized spacial score (nSPS) is 21.6. The van der Waals surface area contributed by atoms with Gasteiger partial charge in [0.1, 0.15) is 0 Å². The Morgan fingerprint density at radius 2 is 2.10 bits per heavy atom. The van der Waals surface area contributed by atoms with Gasteiger partial charge >= 0.3 is 0 Å². The number of amides is 1. The van der Waals surface area contributed by atoms with Crippen molar-refractivity contribution in [1.82, 2.24) is 4.90 Å². The van der Waals surface area contributed by atoms with Crippen LogP contribution in [0.25, 0.3) is 0 Å². The van der Waals surface area contributed by atoms with E-state index in [4.69, 9.17) is 10.9 Å². The van der Waals surface area contributed by atoms with E-state index in [0.717, 1.165) is 24.8 Å². The molecule has 1 aromatic carbocycles. The van der Waals surface area contributed by atoms with E-state index >= 15 is 0 Å². The fourth-order valence-corrected chi connectivity index (χ4v) is 2.70. The molecule has 1 aromatic rings. The van der Waals surface area contributed by atoms with Crippen molar-refractivity contribution in [2.45, 2.75) is 38.1 Å². The van der Waals surface area contributed by atoms with Crippen LogP contribution in [-0.4, -0.2) is 34.4 Å². The van der Waals surface area contributed by atoms with Gasteiger partial charge in [-0.2, -0.15) is 0 Å². The number of piperidine rings is 1. The Morgan fingerprint density at radius 1 is 1.40 bits per heavy atom. The average molecular weight is 275 g/mol. The van der Waals surface area contributed by atoms with Crippen LogP contribution in [0.4, 0.5) is 0 Å². The van der Waals surface area contributed by atoms with E-state index in [1.807, 2.05) is 37.3 Å². The SMILES string of the molecule is CC(C(=O)N1CCCCC1/C(N)=N/O)c1ccccc1. The van der Waals surface area contributed by atoms with Crippen LogP contribution in [0.3, 0.4) is 0 Å². The smallest absolute Gasteiger partial charge is 0.230 e. The minimum Gasteiger partial charge on any atom is -0.409 e. The number of nitrogens with zero attached hydrogens (tertiary/aromatic N) is 2. The number of carbonyl (C=O) groups is 1. The molecule has 0 spiro atoms. The second-order valence-electron chi connectivity index (χ2n) is 5.20. The van der Waals surface area contributed by atoms with Gasteiger partial charge in [0.05, 0.1) is 12.0 Å². The van der Waals surface area contributed by atoms with Gasteiger partial charge in [0.15, 0.2) is 5.84 Å². The van der Waals surface area contributed by atoms with Crippen molar-refractivity contribution in [3.05, 3.63) is 35.9 Å². The second kappa shape index (κ2) is 6.41. The highest BCUT2D eigenvalue weighted by molar-refractivity contribution is 5.92. The first-order chi connectivity index (χ1) is 9.65. The van der Waals surface area contributed by atoms with Crippen molar-refractivity contribution in [2.24, 2.45) is 10.9 Å². The van der Waals surface area contributed by atoms with Gasteiger partial charge in [-0.3, -0.25) is 4.79 Å². The van der Waals surface area contributed by atoms with Gasteiger partial charge in [-0.05, 0) is 31.7 Å². The van der Waals surface area contributed by atoms with Crippen molar-refractivity contribution >= 4 is 11.7 Å². The van der Waals surface area contributed by atoms with E-state index in [9.17, 15) is 4.79 Å². The molecule has 3 N–H and O–H groups in total. The molecule has 2 atom stereocenters. The Bertz CT molecular complexity index is 487. The lowest BCUT2D eigenvalue weighted by Gasteiger charge is -2.36. The molecular weight excluding hydrogens is 254 g/mol. The van der Waals surface area contributed by atoms with Crippen LogP contribution < -0.4 is 5.73 Å². The molecule has 20 heavy (non-hydrogen) atoms. The first-order valence-corrected chi connectivity index (χ1v) is 6.98. The molecule has 2 rings (SSSR count). The third-order valence-electron chi connectivity index (χ3n) is 3.91. The van der Waals surface area contributed by atoms with Crippen LogP contribution in [0.5, 0.6) is 0 Å². The lowest BCUT2D eigenvalue weighted by molar-refractivity contribution is -0.134. The van der Waals surface area contributed by atoms with Crippen LogP contribution in [0, 0.1) is 0 Å². The topological polar surface area (TPSA) is 78.9 Å². The van der Waals surface area contributed by atoms with Gasteiger partial charge in [0.25, 0.3) is 0 Å². The Morgan fingerprint density at radius 3 is 2.75 bits per heavy atom. The Labute approximate surface area is 119 Å². The average Bonchev–Trinajstić information content (AvgIpc) is 2.53. The molecule has 1 amide bonds. The molecule has 108 valence electrons. The zero-order chi connectivity index (χ0) is 14.5. The minimum absolute atomic E-state index is 0.0347. The van der Waals surface area contributed by atoms with Crippen LogP contribution in [0.15, 0.2) is 35.5 Å². The van der Waals surface area contributed by atoms with Crippen LogP contribution in [-0.2, 0) is 4.79 Å². The van der Waals surface area contributed by atoms with Crippen LogP contribution >= 0.6 is 0 Å². The van der Waals surface area contributed by atoms with Crippen molar-refractivity contribution in [2.75, 3.05) is 6.54 Å². The summed E-state index contributed by atoms with van der Waals surface area (Å²) < 4.78 is 0. The summed E-state index contributed by atoms with van der Waals surface area (Å²) in [6, 6.07) is 9.40. The Balaban J connectivity index is 2.18. The molecule has 0 bridgehead atoms. The molecule has 1 aliphatic rings. The number of amidine groups is 1. The Kier molecular flexibility index (Phi) is 4.61. The Hall–Kier alpha value is -2.04. The van der Waals surface area contributed by atoms with E-state index in [-0.39, 0.29) is 23.7 Å². The molecule has 5 heteroatoms. The van der Waals surface area contributed by atoms with E-state index in [2.05, 4.69) is 5.16 Å². The maximum Gasteiger partial charge on any atom is 0.230 e. The van der Waals surface area contributed by atoms with E-state index in [1.165, 1.54) is 0 Å². The number of benzene rings is 1. The lowest BCUT2D eigenvalue weighted by Crippen LogP contribution is -2.51. The van der Waals surface area contributed by atoms with Gasteiger partial charge in [-0.1, -0.05) is 35.5 Å². The molecule has 1 heterocycles. The number of likely N-dealkylation sites (tertiary alicyclic amines) is 1. The molecule has 2 unspecified atom stereocenters. The van der Waals surface area contributed by atoms with Gasteiger partial charge < -0.3 is 15.8 Å². The zero-order valence-electron chi connectivity index (χ0n) is 11.7. The van der Waals surface area contributed by atoms with Crippen LogP contribution in [0.1, 0.15) is 37.7 Å². The monoisotopic (exact) mass is 275 g/mol. The molecule has 0 radical (unpaired) electrons. The lowest BCUT2D eigenvalue weighted by atomic mass is 9.95. The maximum atomic E-state index is 12.7. The van der Waals surface area contributed by atoms with E-state index in [1.54, 1.807) is 4.90 Å². The van der Waals surface area contributed by atoms with E-state index in [0.29, 0.717) is 6.54 Å². The molecular formula is C15H21N3O2. The number of hydrogen-bond acceptors (Lipinski definition) is 3. The predicted molar refractivity (Wildman–Crippen MR) is 77.6 cm³/mol. The molecule has 0 saturated carbocycles. The van der Waals surface area contributed by atoms with Gasteiger partial charge in [0.2, 0.25) is 5.91 Å². The van der Waals surface area contributed by atoms with Gasteiger partial charge in [0, 0.05) is 6.54 Å². The highest BCUT2D eigenvalue weighted by Crippen LogP contribution is 2.24. The van der Waals surface area contributed by atoms with Crippen LogP contribution in [0.2, 0.25) is 0 Å². The largest absolute Gasteiger partial charge is 0.409 e. The molecule has 1 aliphatic heterocycles. The summed E-state index contributed by atoms with van der Waals surface area (Å²) in [6.07, 6.45) is 2.70. The highest BCUT2D eigenvalue weighted by Gasteiger charge is 2.32. The number of rotatable bonds is 3. The van der Waals surface area contributed by atoms with Crippen molar-refractivity contribution < 1.29 is 10.0 Å². The second-order valence-corrected chi connectivity index (χ2v) is 5.20. The van der Waals surface area contributed by atoms with Gasteiger partial charge in [-0.15, -0.1) is 0 Å². The van der Waals surface area contributed by atoms with Gasteiger partial charge in [-0.25, -0.2) is 0 Å². The van der Waals surface area contributed by atoms with E-state index < -0.39 is 0 Å². The third-order valence-corrected chi connectivity index (χ3v) is 3.91. The summed E-state index contributed by atoms with van der Waals surface area (Å²) in [4.78, 5) is 14.4. The predicted octanol–water partition coefficient (Wildman–Crippen LogP) is 1.92. The summed E-state index contributed by atoms with van der Waals surface area (Å²) in [5.41, 5.74) is 6.71. The quantitative estimate of drug-likeness (QED) is 0.383. The molecule has 1 saturated heterocycles. The summed E-state index contributed by atoms with van der Waals surface area (Å²) >= 11 is 0. The molecule has 1 fully saturated rings. The maximum absolute atomic E-state index is 12.7. The number of hydrogen-bond donors (Lipinski definition) is 2. The van der Waals surface area contributed by atoms with Crippen molar-refractivity contribution in [1.29, 1.82) is 0 Å². The third kappa shape index (κ3) is 2.92. The summed E-state index contributed by atoms with van der Waals surface area (Å²) in [5, 5.41) is 11.9. The molecule has 5 nitrogen and oxygen atoms in total. The number of carbonyl (C=O) groups excluding carboxylic acids is 1. The number of oxime groups is 1. The zero-order valence-corrected chi connectivity index (χ0v) is 11.7. The first-order valence-electron chi connectivity index (χ1n) is 6.98. The van der Waals surface area contributed by atoms with Crippen molar-refractivity contribution in [3.8, 4) is 0 Å². The highest BCUT2D eigenvalue weighted by atomic mass is 16.4. The summed E-state index contributed by atoms with van der Waals surface area (Å²) in [5.74, 6) is -0.0610. The molecule has 0 aliphatic carbocycles. The fourth-order valence-electron chi connectivity index (χ4n) is 2.70. The fraction of sp³-hybridized carbons (Fsp3) is 0.467. The molecule has 0 aromatic heterocycles. The first kappa shape index (κ1) is 14.4. The number of nitrogens with two attached hydrogens (primary N) is 1. The minimum atomic E-state index is -0.285. The summed E-state index contributed by atoms with van der Waals surface area (Å²) in [7, 11) is 0. The van der Waals surface area contributed by atoms with Crippen molar-refractivity contribution in [3.63, 3.8) is 0 Å².